The van der Waals surface area contributed by atoms with Crippen molar-refractivity contribution in [2.75, 3.05) is 52.5 Å². The quantitative estimate of drug-likeness (QED) is 0.0301. The molecule has 0 radical (unpaired) electrons. The number of nitrogens with zero attached hydrogens (tertiary/aromatic N) is 3. The van der Waals surface area contributed by atoms with Gasteiger partial charge in [-0.1, -0.05) is 128 Å². The molecular weight excluding hydrogens is 1240 g/mol. The normalized spacial score (nSPS) is 18.9. The van der Waals surface area contributed by atoms with Gasteiger partial charge >= 0.3 is 12.2 Å². The zero-order valence-corrected chi connectivity index (χ0v) is 57.9. The number of ether oxygens (including phenoxy) is 3. The van der Waals surface area contributed by atoms with E-state index in [0.717, 1.165) is 53.3 Å². The number of aromatic nitrogens is 1. The topological polar surface area (TPSA) is 325 Å². The number of carbonyl (C=O) groups is 7. The van der Waals surface area contributed by atoms with E-state index in [9.17, 15) is 48.9 Å². The maximum absolute atomic E-state index is 13.8. The van der Waals surface area contributed by atoms with Gasteiger partial charge < -0.3 is 72.1 Å². The van der Waals surface area contributed by atoms with Crippen LogP contribution in [0.5, 0.6) is 0 Å². The highest BCUT2D eigenvalue weighted by Crippen LogP contribution is 2.39. The van der Waals surface area contributed by atoms with Crippen molar-refractivity contribution < 1.29 is 63.1 Å². The van der Waals surface area contributed by atoms with E-state index in [-0.39, 0.29) is 50.0 Å². The van der Waals surface area contributed by atoms with Crippen LogP contribution >= 0.6 is 0 Å². The van der Waals surface area contributed by atoms with E-state index < -0.39 is 102 Å². The van der Waals surface area contributed by atoms with E-state index in [0.29, 0.717) is 63.0 Å². The summed E-state index contributed by atoms with van der Waals surface area (Å²) in [7, 11) is 0. The molecule has 97 heavy (non-hydrogen) atoms. The first kappa shape index (κ1) is 76.3. The van der Waals surface area contributed by atoms with Crippen LogP contribution in [-0.4, -0.2) is 190 Å². The Morgan fingerprint density at radius 3 is 1.65 bits per heavy atom. The minimum absolute atomic E-state index is 0.0359. The molecule has 1 aromatic heterocycles. The van der Waals surface area contributed by atoms with Crippen molar-refractivity contribution in [1.82, 2.24) is 46.7 Å². The molecule has 10 atom stereocenters. The zero-order valence-electron chi connectivity index (χ0n) is 57.9. The van der Waals surface area contributed by atoms with Crippen LogP contribution < -0.4 is 37.6 Å². The summed E-state index contributed by atoms with van der Waals surface area (Å²) in [5.41, 5.74) is 7.91. The van der Waals surface area contributed by atoms with E-state index in [1.165, 1.54) is 6.42 Å². The smallest absolute Gasteiger partial charge is 0.407 e. The van der Waals surface area contributed by atoms with E-state index >= 15 is 0 Å². The number of fused-ring (bicyclic) bond motifs is 2. The number of carbonyl (C=O) groups excluding carboxylic acids is 7. The van der Waals surface area contributed by atoms with Gasteiger partial charge in [0, 0.05) is 50.2 Å². The number of primary amides is 1. The minimum Gasteiger partial charge on any atom is -0.444 e. The molecule has 528 valence electrons. The molecule has 23 nitrogen and oxygen atoms in total. The highest BCUT2D eigenvalue weighted by atomic mass is 16.6. The summed E-state index contributed by atoms with van der Waals surface area (Å²) in [5, 5.41) is 52.4. The predicted molar refractivity (Wildman–Crippen MR) is 371 cm³/mol. The van der Waals surface area contributed by atoms with Crippen LogP contribution in [0.15, 0.2) is 121 Å². The van der Waals surface area contributed by atoms with Crippen molar-refractivity contribution in [3.05, 3.63) is 149 Å². The minimum atomic E-state index is -1.30. The lowest BCUT2D eigenvalue weighted by Gasteiger charge is -2.47. The van der Waals surface area contributed by atoms with Crippen molar-refractivity contribution in [2.45, 2.75) is 192 Å². The lowest BCUT2D eigenvalue weighted by molar-refractivity contribution is -0.134. The number of morpholine rings is 1. The summed E-state index contributed by atoms with van der Waals surface area (Å²) in [6, 6.07) is 33.2. The third kappa shape index (κ3) is 26.0. The van der Waals surface area contributed by atoms with Crippen LogP contribution in [0.4, 0.5) is 9.59 Å². The van der Waals surface area contributed by atoms with Gasteiger partial charge in [0.15, 0.2) is 0 Å². The maximum Gasteiger partial charge on any atom is 0.407 e. The maximum atomic E-state index is 13.8. The Bertz CT molecular complexity index is 3350. The number of aliphatic hydroxyl groups is 3. The SMILES string of the molecule is CC(C)(C)NC(=O)[C@@H]1C[C@@H]2CCCC[C@@H]2CN1C[C@@H](O)[C@H](Cc1ccccc1)NC(=O)[C@H](CC(N)=O)NC(=O)c1ccc2ccccc2n1.CC(C)(C)OC(=O)N[C@@H](Cc1ccccc1)[C@H](O)CNC[C@@H](O)[C@H](Cc1ccc(CC(=O)N2CCOCC2)cc1)NC(=O)OC(C)(C)C. The van der Waals surface area contributed by atoms with Gasteiger partial charge in [0.1, 0.15) is 22.9 Å². The van der Waals surface area contributed by atoms with Gasteiger partial charge in [0.05, 0.1) is 74.1 Å². The number of amides is 7. The van der Waals surface area contributed by atoms with E-state index in [4.69, 9.17) is 19.9 Å². The van der Waals surface area contributed by atoms with E-state index in [2.05, 4.69) is 41.8 Å². The molecule has 4 aromatic carbocycles. The van der Waals surface area contributed by atoms with Gasteiger partial charge in [0.2, 0.25) is 23.6 Å². The van der Waals surface area contributed by atoms with Gasteiger partial charge in [0.25, 0.3) is 5.91 Å². The number of rotatable bonds is 26. The number of hydrogen-bond donors (Lipinski definition) is 10. The van der Waals surface area contributed by atoms with Gasteiger partial charge in [-0.15, -0.1) is 0 Å². The lowest BCUT2D eigenvalue weighted by atomic mass is 9.72. The number of β-amino-alcohol motifs (C(OH)–C–C–N with tert-alkyl or cyclic N) is 1. The van der Waals surface area contributed by atoms with E-state index in [1.807, 2.05) is 124 Å². The Morgan fingerprint density at radius 1 is 0.608 bits per heavy atom. The van der Waals surface area contributed by atoms with Crippen LogP contribution in [0.2, 0.25) is 0 Å². The van der Waals surface area contributed by atoms with Crippen molar-refractivity contribution in [3.8, 4) is 0 Å². The van der Waals surface area contributed by atoms with Crippen molar-refractivity contribution in [3.63, 3.8) is 0 Å². The van der Waals surface area contributed by atoms with Crippen molar-refractivity contribution in [1.29, 1.82) is 0 Å². The molecule has 5 aromatic rings. The monoisotopic (exact) mass is 1340 g/mol. The molecule has 2 aliphatic heterocycles. The Kier molecular flexibility index (Phi) is 28.3. The molecule has 8 rings (SSSR count). The number of hydrogen-bond acceptors (Lipinski definition) is 16. The molecule has 0 bridgehead atoms. The van der Waals surface area contributed by atoms with Crippen LogP contribution in [0.25, 0.3) is 10.9 Å². The average molecular weight is 1340 g/mol. The van der Waals surface area contributed by atoms with Crippen LogP contribution in [0.3, 0.4) is 0 Å². The summed E-state index contributed by atoms with van der Waals surface area (Å²) in [4.78, 5) is 99.1. The molecule has 1 saturated carbocycles. The number of alkyl carbamates (subject to hydrolysis) is 2. The van der Waals surface area contributed by atoms with Gasteiger partial charge in [-0.2, -0.15) is 0 Å². The lowest BCUT2D eigenvalue weighted by Crippen LogP contribution is -2.61. The summed E-state index contributed by atoms with van der Waals surface area (Å²) in [6.45, 7) is 19.7. The molecular formula is C74H104N10O13. The summed E-state index contributed by atoms with van der Waals surface area (Å²) in [6.07, 6.45) is 1.59. The first-order valence-corrected chi connectivity index (χ1v) is 34.0. The van der Waals surface area contributed by atoms with Gasteiger partial charge in [-0.3, -0.25) is 28.9 Å². The molecule has 3 aliphatic rings. The fourth-order valence-electron chi connectivity index (χ4n) is 12.4. The molecule has 1 aliphatic carbocycles. The highest BCUT2D eigenvalue weighted by molar-refractivity contribution is 5.99. The molecule has 7 amide bonds. The van der Waals surface area contributed by atoms with Crippen molar-refractivity contribution >= 4 is 52.6 Å². The molecule has 3 heterocycles. The number of pyridine rings is 1. The number of para-hydroxylation sites is 1. The second kappa shape index (κ2) is 36.0. The van der Waals surface area contributed by atoms with Crippen LogP contribution in [0, 0.1) is 11.8 Å². The van der Waals surface area contributed by atoms with E-state index in [1.54, 1.807) is 64.6 Å². The molecule has 23 heteroatoms. The number of piperidine rings is 1. The Balaban J connectivity index is 0.000000274. The number of likely N-dealkylation sites (tertiary alicyclic amines) is 1. The van der Waals surface area contributed by atoms with Gasteiger partial charge in [-0.05, 0) is 141 Å². The standard InChI is InChI=1S/C38H50N6O5.C36H54N4O8/c1-38(2,3)43-37(49)32-20-26-14-7-8-15-27(26)22-44(32)23-33(45)30(19-24-11-5-4-6-12-24)41-36(48)31(21-34(39)46)42-35(47)29-18-17-25-13-9-10-16-28(25)40-29;1-35(2,3)47-33(44)38-28(20-25-10-8-7-9-11-25)30(41)23-37-24-31(42)29(39-34(45)48-36(4,5)6)21-26-12-14-27(15-13-26)22-32(43)40-16-18-46-19-17-40/h4-6,9-13,16-18,26-27,30-33,45H,7-8,14-15,19-23H2,1-3H3,(H2,39,46)(H,41,48)(H,42,47)(H,43,49);7-15,28-31,37,41-42H,16-24H2,1-6H3,(H,38,44)(H,39,45)/t26-,27+,30-,31-,32-,33+;28-,29-,30+,31+/m00/s1. The average Bonchev–Trinajstić information content (AvgIpc) is 0.815. The fourth-order valence-corrected chi connectivity index (χ4v) is 12.4. The second-order valence-electron chi connectivity index (χ2n) is 28.9. The van der Waals surface area contributed by atoms with Crippen LogP contribution in [0.1, 0.15) is 134 Å². The predicted octanol–water partition coefficient (Wildman–Crippen LogP) is 6.06. The number of benzene rings is 4. The van der Waals surface area contributed by atoms with Crippen LogP contribution in [-0.2, 0) is 59.1 Å². The summed E-state index contributed by atoms with van der Waals surface area (Å²) >= 11 is 0. The first-order chi connectivity index (χ1) is 45.9. The molecule has 2 saturated heterocycles. The molecule has 11 N–H and O–H groups in total. The third-order valence-electron chi connectivity index (χ3n) is 17.2. The summed E-state index contributed by atoms with van der Waals surface area (Å²) < 4.78 is 16.2. The molecule has 0 unspecified atom stereocenters. The highest BCUT2D eigenvalue weighted by Gasteiger charge is 2.42. The second-order valence-corrected chi connectivity index (χ2v) is 28.9. The Hall–Kier alpha value is -8.06. The fraction of sp³-hybridized carbons (Fsp3) is 0.541. The number of nitrogens with two attached hydrogens (primary N) is 1. The van der Waals surface area contributed by atoms with Crippen molar-refractivity contribution in [2.24, 2.45) is 17.6 Å². The Labute approximate surface area is 571 Å². The molecule has 3 fully saturated rings. The Morgan fingerprint density at radius 2 is 1.11 bits per heavy atom. The number of aliphatic hydroxyl groups excluding tert-OH is 3. The third-order valence-corrected chi connectivity index (χ3v) is 17.2. The number of nitrogens with one attached hydrogen (secondary N) is 6. The first-order valence-electron chi connectivity index (χ1n) is 34.0. The van der Waals surface area contributed by atoms with Gasteiger partial charge in [-0.25, -0.2) is 14.6 Å². The molecule has 0 spiro atoms. The summed E-state index contributed by atoms with van der Waals surface area (Å²) in [5.74, 6) is -1.15. The largest absolute Gasteiger partial charge is 0.444 e. The zero-order chi connectivity index (χ0) is 70.5.